The second kappa shape index (κ2) is 12.3. The van der Waals surface area contributed by atoms with Crippen LogP contribution in [0.25, 0.3) is 0 Å². The number of hydrogen-bond donors (Lipinski definition) is 2. The van der Waals surface area contributed by atoms with Crippen molar-refractivity contribution in [1.29, 1.82) is 0 Å². The van der Waals surface area contributed by atoms with Crippen molar-refractivity contribution in [3.8, 4) is 0 Å². The second-order valence-electron chi connectivity index (χ2n) is 5.42. The molecule has 0 aliphatic heterocycles. The second-order valence-corrected chi connectivity index (χ2v) is 5.42. The Morgan fingerprint density at radius 2 is 1.88 bits per heavy atom. The molecule has 0 saturated carbocycles. The fraction of sp³-hybridized carbons (Fsp3) is 0.562. The van der Waals surface area contributed by atoms with Gasteiger partial charge in [-0.15, -0.1) is 24.0 Å². The van der Waals surface area contributed by atoms with Gasteiger partial charge in [0.05, 0.1) is 13.1 Å². The fourth-order valence-electron chi connectivity index (χ4n) is 2.07. The maximum absolute atomic E-state index is 13.5. The summed E-state index contributed by atoms with van der Waals surface area (Å²) in [6, 6.07) is 6.39. The van der Waals surface area contributed by atoms with E-state index in [1.807, 2.05) is 6.92 Å². The fourth-order valence-corrected chi connectivity index (χ4v) is 2.07. The van der Waals surface area contributed by atoms with Gasteiger partial charge in [0.2, 0.25) is 0 Å². The van der Waals surface area contributed by atoms with E-state index in [0.717, 1.165) is 0 Å². The third-order valence-corrected chi connectivity index (χ3v) is 3.17. The Hall–Kier alpha value is -1.10. The largest absolute Gasteiger partial charge is 0.401 e. The molecule has 0 heterocycles. The predicted octanol–water partition coefficient (Wildman–Crippen LogP) is 3.38. The van der Waals surface area contributed by atoms with Crippen LogP contribution < -0.4 is 10.6 Å². The number of hydrogen-bond acceptors (Lipinski definition) is 2. The highest BCUT2D eigenvalue weighted by Crippen LogP contribution is 2.15. The molecule has 144 valence electrons. The highest BCUT2D eigenvalue weighted by atomic mass is 127. The van der Waals surface area contributed by atoms with E-state index in [2.05, 4.69) is 15.6 Å². The molecule has 2 N–H and O–H groups in total. The van der Waals surface area contributed by atoms with Gasteiger partial charge in [0.25, 0.3) is 0 Å². The lowest BCUT2D eigenvalue weighted by Gasteiger charge is -2.18. The number of halogens is 5. The highest BCUT2D eigenvalue weighted by molar-refractivity contribution is 14.0. The van der Waals surface area contributed by atoms with Gasteiger partial charge in [-0.1, -0.05) is 18.2 Å². The standard InChI is InChI=1S/C16H24F4N4.HI/c1-3-21-15(23-11-13-7-4-5-8-14(13)17)22-9-6-10-24(2)12-16(18,19)20;/h4-5,7-8H,3,6,9-12H2,1-2H3,(H2,21,22,23);1H. The molecule has 0 radical (unpaired) electrons. The summed E-state index contributed by atoms with van der Waals surface area (Å²) in [4.78, 5) is 5.51. The number of nitrogens with one attached hydrogen (secondary N) is 2. The first-order valence-corrected chi connectivity index (χ1v) is 7.82. The number of benzene rings is 1. The average Bonchev–Trinajstić information content (AvgIpc) is 2.48. The molecule has 1 rings (SSSR count). The van der Waals surface area contributed by atoms with Crippen molar-refractivity contribution in [2.24, 2.45) is 4.99 Å². The molecule has 0 fully saturated rings. The number of rotatable bonds is 8. The minimum Gasteiger partial charge on any atom is -0.357 e. The summed E-state index contributed by atoms with van der Waals surface area (Å²) < 4.78 is 50.2. The molecule has 0 unspecified atom stereocenters. The third kappa shape index (κ3) is 11.2. The normalized spacial score (nSPS) is 12.0. The van der Waals surface area contributed by atoms with Gasteiger partial charge in [-0.25, -0.2) is 9.38 Å². The minimum absolute atomic E-state index is 0. The lowest BCUT2D eigenvalue weighted by atomic mass is 10.2. The van der Waals surface area contributed by atoms with E-state index in [1.165, 1.54) is 18.0 Å². The van der Waals surface area contributed by atoms with Crippen LogP contribution in [0.3, 0.4) is 0 Å². The number of aliphatic imine (C=N–C) groups is 1. The molecule has 9 heteroatoms. The third-order valence-electron chi connectivity index (χ3n) is 3.17. The van der Waals surface area contributed by atoms with Crippen LogP contribution in [0.2, 0.25) is 0 Å². The van der Waals surface area contributed by atoms with Crippen molar-refractivity contribution >= 4 is 29.9 Å². The molecule has 0 spiro atoms. The maximum Gasteiger partial charge on any atom is 0.401 e. The first-order chi connectivity index (χ1) is 11.3. The van der Waals surface area contributed by atoms with Crippen molar-refractivity contribution < 1.29 is 17.6 Å². The monoisotopic (exact) mass is 476 g/mol. The molecule has 0 amide bonds. The summed E-state index contributed by atoms with van der Waals surface area (Å²) >= 11 is 0. The molecule has 0 aromatic heterocycles. The van der Waals surface area contributed by atoms with Gasteiger partial charge in [0.15, 0.2) is 5.96 Å². The molecule has 0 aliphatic carbocycles. The average molecular weight is 476 g/mol. The molecule has 0 aliphatic rings. The Kier molecular flexibility index (Phi) is 11.7. The summed E-state index contributed by atoms with van der Waals surface area (Å²) in [5.74, 6) is 0.199. The Morgan fingerprint density at radius 1 is 1.20 bits per heavy atom. The zero-order chi connectivity index (χ0) is 18.0. The smallest absolute Gasteiger partial charge is 0.357 e. The van der Waals surface area contributed by atoms with E-state index in [0.29, 0.717) is 37.6 Å². The molecule has 0 atom stereocenters. The van der Waals surface area contributed by atoms with E-state index >= 15 is 0 Å². The van der Waals surface area contributed by atoms with Gasteiger partial charge < -0.3 is 10.6 Å². The summed E-state index contributed by atoms with van der Waals surface area (Å²) in [6.07, 6.45) is -3.64. The Bertz CT molecular complexity index is 523. The van der Waals surface area contributed by atoms with Crippen LogP contribution >= 0.6 is 24.0 Å². The van der Waals surface area contributed by atoms with Crippen LogP contribution in [0.15, 0.2) is 29.3 Å². The van der Waals surface area contributed by atoms with E-state index in [-0.39, 0.29) is 36.3 Å². The van der Waals surface area contributed by atoms with Crippen LogP contribution in [0.5, 0.6) is 0 Å². The van der Waals surface area contributed by atoms with Crippen LogP contribution in [0.1, 0.15) is 18.9 Å². The summed E-state index contributed by atoms with van der Waals surface area (Å²) in [5.41, 5.74) is 0.486. The van der Waals surface area contributed by atoms with Crippen molar-refractivity contribution in [1.82, 2.24) is 15.5 Å². The molecule has 0 saturated heterocycles. The zero-order valence-corrected chi connectivity index (χ0v) is 16.7. The van der Waals surface area contributed by atoms with Crippen LogP contribution in [-0.4, -0.2) is 50.3 Å². The first-order valence-electron chi connectivity index (χ1n) is 7.82. The number of alkyl halides is 3. The highest BCUT2D eigenvalue weighted by Gasteiger charge is 2.28. The minimum atomic E-state index is -4.18. The van der Waals surface area contributed by atoms with Crippen LogP contribution in [-0.2, 0) is 6.54 Å². The van der Waals surface area contributed by atoms with Gasteiger partial charge in [-0.3, -0.25) is 4.90 Å². The van der Waals surface area contributed by atoms with Crippen molar-refractivity contribution in [3.63, 3.8) is 0 Å². The van der Waals surface area contributed by atoms with Crippen LogP contribution in [0.4, 0.5) is 17.6 Å². The molecule has 25 heavy (non-hydrogen) atoms. The van der Waals surface area contributed by atoms with Crippen molar-refractivity contribution in [2.75, 3.05) is 33.2 Å². The van der Waals surface area contributed by atoms with E-state index in [1.54, 1.807) is 18.2 Å². The SMILES string of the molecule is CCNC(=NCc1ccccc1F)NCCCN(C)CC(F)(F)F.I. The Labute approximate surface area is 163 Å². The Balaban J connectivity index is 0.00000576. The molecular weight excluding hydrogens is 451 g/mol. The number of guanidine groups is 1. The van der Waals surface area contributed by atoms with E-state index in [4.69, 9.17) is 0 Å². The van der Waals surface area contributed by atoms with Gasteiger partial charge in [-0.2, -0.15) is 13.2 Å². The molecule has 4 nitrogen and oxygen atoms in total. The molecule has 1 aromatic rings. The predicted molar refractivity (Wildman–Crippen MR) is 103 cm³/mol. The zero-order valence-electron chi connectivity index (χ0n) is 14.4. The molecule has 0 bridgehead atoms. The maximum atomic E-state index is 13.5. The summed E-state index contributed by atoms with van der Waals surface area (Å²) in [6.45, 7) is 2.60. The van der Waals surface area contributed by atoms with E-state index < -0.39 is 12.7 Å². The van der Waals surface area contributed by atoms with Gasteiger partial charge in [0, 0.05) is 18.7 Å². The number of nitrogens with zero attached hydrogens (tertiary/aromatic N) is 2. The van der Waals surface area contributed by atoms with Gasteiger partial charge in [0.1, 0.15) is 5.82 Å². The van der Waals surface area contributed by atoms with Gasteiger partial charge in [-0.05, 0) is 33.0 Å². The topological polar surface area (TPSA) is 39.7 Å². The molecular formula is C16H25F4IN4. The van der Waals surface area contributed by atoms with Crippen molar-refractivity contribution in [2.45, 2.75) is 26.1 Å². The molecule has 1 aromatic carbocycles. The lowest BCUT2D eigenvalue weighted by Crippen LogP contribution is -2.39. The van der Waals surface area contributed by atoms with Crippen molar-refractivity contribution in [3.05, 3.63) is 35.6 Å². The summed E-state index contributed by atoms with van der Waals surface area (Å²) in [5, 5.41) is 6.06. The Morgan fingerprint density at radius 3 is 2.48 bits per heavy atom. The summed E-state index contributed by atoms with van der Waals surface area (Å²) in [7, 11) is 1.44. The van der Waals surface area contributed by atoms with E-state index in [9.17, 15) is 17.6 Å². The lowest BCUT2D eigenvalue weighted by molar-refractivity contribution is -0.143. The van der Waals surface area contributed by atoms with Crippen LogP contribution in [0, 0.1) is 5.82 Å². The quantitative estimate of drug-likeness (QED) is 0.199. The first kappa shape index (κ1) is 23.9. The van der Waals surface area contributed by atoms with Gasteiger partial charge >= 0.3 is 6.18 Å².